The molecule has 1 aliphatic rings. The van der Waals surface area contributed by atoms with Gasteiger partial charge in [-0.3, -0.25) is 0 Å². The molecule has 0 radical (unpaired) electrons. The maximum absolute atomic E-state index is 3.57. The molecule has 0 aromatic heterocycles. The second kappa shape index (κ2) is 4.21. The highest BCUT2D eigenvalue weighted by atomic mass is 15.0. The lowest BCUT2D eigenvalue weighted by Crippen LogP contribution is -2.58. The first-order valence-corrected chi connectivity index (χ1v) is 6.37. The van der Waals surface area contributed by atoms with Crippen LogP contribution in [0.25, 0.3) is 0 Å². The third kappa shape index (κ3) is 1.67. The first kappa shape index (κ1) is 11.7. The van der Waals surface area contributed by atoms with E-state index in [0.717, 1.165) is 0 Å². The van der Waals surface area contributed by atoms with Crippen LogP contribution in [-0.2, 0) is 5.41 Å². The summed E-state index contributed by atoms with van der Waals surface area (Å²) in [5, 5.41) is 3.57. The number of hydrogen-bond donors (Lipinski definition) is 1. The second-order valence-electron chi connectivity index (χ2n) is 5.49. The van der Waals surface area contributed by atoms with Gasteiger partial charge in [-0.15, -0.1) is 0 Å². The van der Waals surface area contributed by atoms with E-state index in [1.54, 1.807) is 0 Å². The minimum absolute atomic E-state index is 0.229. The molecule has 0 amide bonds. The van der Waals surface area contributed by atoms with Gasteiger partial charge in [-0.1, -0.05) is 50.1 Å². The summed E-state index contributed by atoms with van der Waals surface area (Å²) in [7, 11) is 2.10. The number of rotatable bonds is 2. The van der Waals surface area contributed by atoms with Crippen LogP contribution in [0.15, 0.2) is 30.3 Å². The molecule has 0 spiro atoms. The van der Waals surface area contributed by atoms with Crippen molar-refractivity contribution in [3.05, 3.63) is 35.9 Å². The number of likely N-dealkylation sites (N-methyl/N-ethyl adjacent to an activating group) is 1. The maximum Gasteiger partial charge on any atom is 0.0244 e. The van der Waals surface area contributed by atoms with Gasteiger partial charge in [0, 0.05) is 11.0 Å². The Labute approximate surface area is 99.3 Å². The van der Waals surface area contributed by atoms with Crippen molar-refractivity contribution in [1.82, 2.24) is 5.32 Å². The Morgan fingerprint density at radius 3 is 2.25 bits per heavy atom. The van der Waals surface area contributed by atoms with Crippen molar-refractivity contribution in [2.75, 3.05) is 7.05 Å². The average Bonchev–Trinajstić information content (AvgIpc) is 2.34. The molecule has 2 rings (SSSR count). The van der Waals surface area contributed by atoms with Gasteiger partial charge in [0.2, 0.25) is 0 Å². The Bertz CT molecular complexity index is 346. The summed E-state index contributed by atoms with van der Waals surface area (Å²) in [6.45, 7) is 4.79. The molecular weight excluding hydrogens is 194 g/mol. The van der Waals surface area contributed by atoms with Gasteiger partial charge in [-0.2, -0.15) is 0 Å². The molecule has 1 heteroatoms. The van der Waals surface area contributed by atoms with Gasteiger partial charge in [0.15, 0.2) is 0 Å². The first-order valence-electron chi connectivity index (χ1n) is 6.37. The molecule has 1 N–H and O–H groups in total. The van der Waals surface area contributed by atoms with Crippen molar-refractivity contribution in [3.63, 3.8) is 0 Å². The maximum atomic E-state index is 3.57. The smallest absolute Gasteiger partial charge is 0.0244 e. The molecule has 16 heavy (non-hydrogen) atoms. The van der Waals surface area contributed by atoms with Crippen LogP contribution >= 0.6 is 0 Å². The van der Waals surface area contributed by atoms with Gasteiger partial charge in [-0.25, -0.2) is 0 Å². The van der Waals surface area contributed by atoms with Crippen molar-refractivity contribution in [2.45, 2.75) is 50.5 Å². The summed E-state index contributed by atoms with van der Waals surface area (Å²) < 4.78 is 0. The molecule has 1 aliphatic carbocycles. The zero-order chi connectivity index (χ0) is 11.6. The molecule has 88 valence electrons. The monoisotopic (exact) mass is 217 g/mol. The highest BCUT2D eigenvalue weighted by molar-refractivity contribution is 5.30. The van der Waals surface area contributed by atoms with E-state index in [9.17, 15) is 0 Å². The summed E-state index contributed by atoms with van der Waals surface area (Å²) >= 11 is 0. The van der Waals surface area contributed by atoms with E-state index in [1.807, 2.05) is 0 Å². The molecule has 1 aromatic carbocycles. The minimum atomic E-state index is 0.229. The Morgan fingerprint density at radius 1 is 1.00 bits per heavy atom. The SMILES string of the molecule is CNC1(C)CCCCC1(C)c1ccccc1. The standard InChI is InChI=1S/C15H23N/c1-14(13-9-5-4-6-10-13)11-7-8-12-15(14,2)16-3/h4-6,9-10,16H,7-8,11-12H2,1-3H3. The fourth-order valence-electron chi connectivity index (χ4n) is 3.18. The molecule has 1 aromatic rings. The van der Waals surface area contributed by atoms with Gasteiger partial charge < -0.3 is 5.32 Å². The Hall–Kier alpha value is -0.820. The summed E-state index contributed by atoms with van der Waals surface area (Å²) in [6, 6.07) is 11.0. The van der Waals surface area contributed by atoms with Crippen LogP contribution in [-0.4, -0.2) is 12.6 Å². The lowest BCUT2D eigenvalue weighted by Gasteiger charge is -2.50. The van der Waals surface area contributed by atoms with Crippen LogP contribution in [0.1, 0.15) is 45.1 Å². The molecule has 1 nitrogen and oxygen atoms in total. The van der Waals surface area contributed by atoms with E-state index in [0.29, 0.717) is 0 Å². The molecule has 2 unspecified atom stereocenters. The Kier molecular flexibility index (Phi) is 3.07. The van der Waals surface area contributed by atoms with Crippen LogP contribution in [0, 0.1) is 0 Å². The zero-order valence-electron chi connectivity index (χ0n) is 10.7. The number of benzene rings is 1. The fourth-order valence-corrected chi connectivity index (χ4v) is 3.18. The van der Waals surface area contributed by atoms with Crippen LogP contribution in [0.2, 0.25) is 0 Å². The summed E-state index contributed by atoms with van der Waals surface area (Å²) in [4.78, 5) is 0. The van der Waals surface area contributed by atoms with Gasteiger partial charge in [0.25, 0.3) is 0 Å². The van der Waals surface area contributed by atoms with Crippen molar-refractivity contribution in [3.8, 4) is 0 Å². The van der Waals surface area contributed by atoms with Crippen molar-refractivity contribution < 1.29 is 0 Å². The van der Waals surface area contributed by atoms with Crippen LogP contribution in [0.4, 0.5) is 0 Å². The fraction of sp³-hybridized carbons (Fsp3) is 0.600. The van der Waals surface area contributed by atoms with E-state index in [4.69, 9.17) is 0 Å². The molecular formula is C15H23N. The predicted octanol–water partition coefficient (Wildman–Crippen LogP) is 3.50. The molecule has 1 fully saturated rings. The van der Waals surface area contributed by atoms with E-state index < -0.39 is 0 Å². The second-order valence-corrected chi connectivity index (χ2v) is 5.49. The third-order valence-corrected chi connectivity index (χ3v) is 4.78. The van der Waals surface area contributed by atoms with Crippen molar-refractivity contribution in [1.29, 1.82) is 0 Å². The zero-order valence-corrected chi connectivity index (χ0v) is 10.7. The van der Waals surface area contributed by atoms with Crippen LogP contribution in [0.5, 0.6) is 0 Å². The van der Waals surface area contributed by atoms with Crippen LogP contribution < -0.4 is 5.32 Å². The van der Waals surface area contributed by atoms with Gasteiger partial charge in [0.1, 0.15) is 0 Å². The van der Waals surface area contributed by atoms with Gasteiger partial charge in [-0.05, 0) is 32.4 Å². The molecule has 0 saturated heterocycles. The summed E-state index contributed by atoms with van der Waals surface area (Å²) in [5.74, 6) is 0. The van der Waals surface area contributed by atoms with Gasteiger partial charge in [0.05, 0.1) is 0 Å². The largest absolute Gasteiger partial charge is 0.314 e. The van der Waals surface area contributed by atoms with Crippen molar-refractivity contribution >= 4 is 0 Å². The molecule has 0 aliphatic heterocycles. The van der Waals surface area contributed by atoms with E-state index in [2.05, 4.69) is 56.5 Å². The first-order chi connectivity index (χ1) is 7.62. The normalized spacial score (nSPS) is 34.9. The van der Waals surface area contributed by atoms with E-state index >= 15 is 0 Å². The number of nitrogens with one attached hydrogen (secondary N) is 1. The summed E-state index contributed by atoms with van der Waals surface area (Å²) in [5.41, 5.74) is 1.97. The molecule has 0 heterocycles. The Morgan fingerprint density at radius 2 is 1.62 bits per heavy atom. The lowest BCUT2D eigenvalue weighted by atomic mass is 9.60. The van der Waals surface area contributed by atoms with Crippen LogP contribution in [0.3, 0.4) is 0 Å². The number of hydrogen-bond acceptors (Lipinski definition) is 1. The lowest BCUT2D eigenvalue weighted by molar-refractivity contribution is 0.142. The molecule has 2 atom stereocenters. The topological polar surface area (TPSA) is 12.0 Å². The van der Waals surface area contributed by atoms with E-state index in [-0.39, 0.29) is 11.0 Å². The quantitative estimate of drug-likeness (QED) is 0.799. The van der Waals surface area contributed by atoms with Crippen molar-refractivity contribution in [2.24, 2.45) is 0 Å². The Balaban J connectivity index is 2.41. The highest BCUT2D eigenvalue weighted by Gasteiger charge is 2.46. The van der Waals surface area contributed by atoms with E-state index in [1.165, 1.54) is 31.2 Å². The third-order valence-electron chi connectivity index (χ3n) is 4.78. The summed E-state index contributed by atoms with van der Waals surface area (Å²) in [6.07, 6.45) is 5.26. The minimum Gasteiger partial charge on any atom is -0.314 e. The predicted molar refractivity (Wildman–Crippen MR) is 69.7 cm³/mol. The average molecular weight is 217 g/mol. The van der Waals surface area contributed by atoms with Gasteiger partial charge >= 0.3 is 0 Å². The molecule has 1 saturated carbocycles. The molecule has 0 bridgehead atoms. The highest BCUT2D eigenvalue weighted by Crippen LogP contribution is 2.45.